The highest BCUT2D eigenvalue weighted by Crippen LogP contribution is 2.43. The summed E-state index contributed by atoms with van der Waals surface area (Å²) < 4.78 is 0. The number of pyridine rings is 1. The summed E-state index contributed by atoms with van der Waals surface area (Å²) in [4.78, 5) is 22.4. The van der Waals surface area contributed by atoms with Gasteiger partial charge in [0.25, 0.3) is 0 Å². The van der Waals surface area contributed by atoms with Crippen molar-refractivity contribution in [1.82, 2.24) is 9.88 Å². The minimum atomic E-state index is -0.347. The summed E-state index contributed by atoms with van der Waals surface area (Å²) in [5.41, 5.74) is 2.14. The molecule has 1 aliphatic carbocycles. The van der Waals surface area contributed by atoms with E-state index in [4.69, 9.17) is 0 Å². The lowest BCUT2D eigenvalue weighted by Gasteiger charge is -2.41. The topological polar surface area (TPSA) is 80.5 Å². The first-order valence-electron chi connectivity index (χ1n) is 10.6. The number of amides is 1. The number of carbonyl (C=O) groups excluding carboxylic acids is 1. The molecule has 0 radical (unpaired) electrons. The second-order valence-electron chi connectivity index (χ2n) is 8.91. The number of carbonyl (C=O) groups is 1. The van der Waals surface area contributed by atoms with E-state index in [9.17, 15) is 15.2 Å². The first-order chi connectivity index (χ1) is 13.4. The van der Waals surface area contributed by atoms with Gasteiger partial charge in [-0.05, 0) is 70.4 Å². The fourth-order valence-electron chi connectivity index (χ4n) is 5.44. The molecular weight excluding hydrogens is 352 g/mol. The number of aliphatic hydroxyl groups excluding tert-OH is 1. The molecule has 2 saturated heterocycles. The highest BCUT2D eigenvalue weighted by Gasteiger charge is 2.51. The first-order valence-corrected chi connectivity index (χ1v) is 10.6. The molecule has 1 aromatic heterocycles. The number of hydrogen-bond acceptors (Lipinski definition) is 5. The molecule has 1 atom stereocenters. The maximum atomic E-state index is 13.5. The molecule has 0 bridgehead atoms. The predicted molar refractivity (Wildman–Crippen MR) is 107 cm³/mol. The average Bonchev–Trinajstić information content (AvgIpc) is 2.98. The van der Waals surface area contributed by atoms with Crippen LogP contribution in [-0.4, -0.2) is 52.7 Å². The third-order valence-corrected chi connectivity index (χ3v) is 6.97. The molecule has 1 aromatic rings. The minimum absolute atomic E-state index is 0.201. The maximum absolute atomic E-state index is 13.5. The molecule has 1 amide bonds. The third-order valence-electron chi connectivity index (χ3n) is 6.97. The van der Waals surface area contributed by atoms with E-state index < -0.39 is 0 Å². The molecule has 150 valence electrons. The molecule has 1 N–H and O–H groups in total. The van der Waals surface area contributed by atoms with Crippen LogP contribution in [0.3, 0.4) is 0 Å². The van der Waals surface area contributed by atoms with Crippen LogP contribution in [0.15, 0.2) is 6.07 Å². The van der Waals surface area contributed by atoms with Crippen molar-refractivity contribution in [3.05, 3.63) is 22.9 Å². The van der Waals surface area contributed by atoms with Gasteiger partial charge in [0.2, 0.25) is 5.91 Å². The minimum Gasteiger partial charge on any atom is -0.393 e. The monoisotopic (exact) mass is 382 g/mol. The summed E-state index contributed by atoms with van der Waals surface area (Å²) in [6.07, 6.45) is 5.95. The van der Waals surface area contributed by atoms with Crippen molar-refractivity contribution in [1.29, 1.82) is 5.26 Å². The summed E-state index contributed by atoms with van der Waals surface area (Å²) >= 11 is 0. The fraction of sp³-hybridized carbons (Fsp3) is 0.682. The van der Waals surface area contributed by atoms with Crippen LogP contribution in [0, 0.1) is 30.6 Å². The van der Waals surface area contributed by atoms with E-state index in [-0.39, 0.29) is 23.5 Å². The number of piperidine rings is 1. The van der Waals surface area contributed by atoms with Crippen molar-refractivity contribution >= 4 is 11.7 Å². The summed E-state index contributed by atoms with van der Waals surface area (Å²) in [5, 5.41) is 19.4. The largest absolute Gasteiger partial charge is 0.393 e. The summed E-state index contributed by atoms with van der Waals surface area (Å²) in [5.74, 6) is 1.02. The van der Waals surface area contributed by atoms with Crippen LogP contribution >= 0.6 is 0 Å². The molecule has 0 unspecified atom stereocenters. The Kier molecular flexibility index (Phi) is 5.05. The molecule has 28 heavy (non-hydrogen) atoms. The van der Waals surface area contributed by atoms with Crippen LogP contribution in [-0.2, 0) is 4.79 Å². The summed E-state index contributed by atoms with van der Waals surface area (Å²) in [6, 6.07) is 4.54. The van der Waals surface area contributed by atoms with Crippen LogP contribution in [0.4, 0.5) is 5.82 Å². The van der Waals surface area contributed by atoms with Gasteiger partial charge in [-0.3, -0.25) is 4.79 Å². The lowest BCUT2D eigenvalue weighted by Crippen LogP contribution is -2.50. The summed E-state index contributed by atoms with van der Waals surface area (Å²) in [6.45, 7) is 6.23. The van der Waals surface area contributed by atoms with Crippen molar-refractivity contribution in [3.63, 3.8) is 0 Å². The number of aliphatic hydroxyl groups is 1. The number of aryl methyl sites for hydroxylation is 2. The molecule has 1 spiro atoms. The van der Waals surface area contributed by atoms with Gasteiger partial charge in [-0.25, -0.2) is 4.98 Å². The third kappa shape index (κ3) is 3.26. The van der Waals surface area contributed by atoms with Crippen molar-refractivity contribution in [2.75, 3.05) is 24.5 Å². The Bertz CT molecular complexity index is 809. The number of rotatable bonds is 2. The van der Waals surface area contributed by atoms with Crippen molar-refractivity contribution < 1.29 is 9.90 Å². The average molecular weight is 383 g/mol. The molecule has 2 aliphatic heterocycles. The van der Waals surface area contributed by atoms with E-state index in [1.165, 1.54) is 0 Å². The first kappa shape index (κ1) is 19.2. The van der Waals surface area contributed by atoms with E-state index in [1.807, 2.05) is 19.9 Å². The zero-order chi connectivity index (χ0) is 19.9. The molecule has 3 heterocycles. The van der Waals surface area contributed by atoms with Gasteiger partial charge in [-0.2, -0.15) is 5.26 Å². The van der Waals surface area contributed by atoms with Gasteiger partial charge >= 0.3 is 0 Å². The van der Waals surface area contributed by atoms with Crippen molar-refractivity contribution in [2.24, 2.45) is 5.41 Å². The van der Waals surface area contributed by atoms with Gasteiger partial charge < -0.3 is 14.9 Å². The lowest BCUT2D eigenvalue weighted by molar-refractivity contribution is -0.139. The lowest BCUT2D eigenvalue weighted by atomic mass is 9.78. The molecular formula is C22H30N4O2. The molecule has 4 rings (SSSR count). The van der Waals surface area contributed by atoms with E-state index in [0.29, 0.717) is 12.1 Å². The smallest absolute Gasteiger partial charge is 0.230 e. The van der Waals surface area contributed by atoms with Gasteiger partial charge in [-0.1, -0.05) is 0 Å². The van der Waals surface area contributed by atoms with Crippen LogP contribution in [0.1, 0.15) is 61.8 Å². The van der Waals surface area contributed by atoms with Crippen LogP contribution in [0.2, 0.25) is 0 Å². The summed E-state index contributed by atoms with van der Waals surface area (Å²) in [7, 11) is 0. The van der Waals surface area contributed by atoms with Gasteiger partial charge in [0.15, 0.2) is 0 Å². The number of aromatic nitrogens is 1. The Morgan fingerprint density at radius 2 is 1.96 bits per heavy atom. The molecule has 6 heteroatoms. The van der Waals surface area contributed by atoms with Crippen molar-refractivity contribution in [2.45, 2.75) is 70.9 Å². The van der Waals surface area contributed by atoms with Crippen molar-refractivity contribution in [3.8, 4) is 6.07 Å². The highest BCUT2D eigenvalue weighted by molar-refractivity contribution is 5.86. The normalized spacial score (nSPS) is 30.7. The Morgan fingerprint density at radius 1 is 1.21 bits per heavy atom. The number of nitriles is 1. The number of likely N-dealkylation sites (tertiary alicyclic amines) is 1. The van der Waals surface area contributed by atoms with E-state index >= 15 is 0 Å². The van der Waals surface area contributed by atoms with E-state index in [0.717, 1.165) is 75.1 Å². The molecule has 1 saturated carbocycles. The Morgan fingerprint density at radius 3 is 2.68 bits per heavy atom. The fourth-order valence-corrected chi connectivity index (χ4v) is 5.44. The second-order valence-corrected chi connectivity index (χ2v) is 8.91. The Balaban J connectivity index is 1.56. The van der Waals surface area contributed by atoms with Gasteiger partial charge in [0.1, 0.15) is 11.9 Å². The van der Waals surface area contributed by atoms with E-state index in [1.54, 1.807) is 0 Å². The van der Waals surface area contributed by atoms with Crippen LogP contribution < -0.4 is 4.90 Å². The SMILES string of the molecule is Cc1cc(C)c(C#N)c(N2CCC[C@@]3(CCN(C4CCC(O)CC4)C3=O)C2)n1. The predicted octanol–water partition coefficient (Wildman–Crippen LogP) is 2.69. The molecule has 3 fully saturated rings. The second kappa shape index (κ2) is 7.36. The Labute approximate surface area is 167 Å². The highest BCUT2D eigenvalue weighted by atomic mass is 16.3. The van der Waals surface area contributed by atoms with E-state index in [2.05, 4.69) is 20.9 Å². The zero-order valence-corrected chi connectivity index (χ0v) is 16.9. The van der Waals surface area contributed by atoms with Gasteiger partial charge in [-0.15, -0.1) is 0 Å². The Hall–Kier alpha value is -2.13. The van der Waals surface area contributed by atoms with Gasteiger partial charge in [0, 0.05) is 31.4 Å². The van der Waals surface area contributed by atoms with Crippen LogP contribution in [0.5, 0.6) is 0 Å². The molecule has 3 aliphatic rings. The molecule has 6 nitrogen and oxygen atoms in total. The number of hydrogen-bond donors (Lipinski definition) is 1. The standard InChI is InChI=1S/C22H30N4O2/c1-15-12-16(2)24-20(19(15)13-23)25-10-3-8-22(14-25)9-11-26(21(22)28)17-4-6-18(27)7-5-17/h12,17-18,27H,3-11,14H2,1-2H3/t17?,18?,22-/m1/s1. The molecule has 0 aromatic carbocycles. The zero-order valence-electron chi connectivity index (χ0n) is 16.9. The number of anilines is 1. The van der Waals surface area contributed by atoms with Gasteiger partial charge in [0.05, 0.1) is 17.1 Å². The maximum Gasteiger partial charge on any atom is 0.230 e. The van der Waals surface area contributed by atoms with Crippen LogP contribution in [0.25, 0.3) is 0 Å². The number of nitrogens with zero attached hydrogens (tertiary/aromatic N) is 4. The quantitative estimate of drug-likeness (QED) is 0.851.